The molecule has 9 nitrogen and oxygen atoms in total. The Morgan fingerprint density at radius 2 is 1.88 bits per heavy atom. The van der Waals surface area contributed by atoms with Crippen LogP contribution in [0.25, 0.3) is 27.9 Å². The molecule has 214 valence electrons. The topological polar surface area (TPSA) is 102 Å². The second kappa shape index (κ2) is 11.9. The average molecular weight is 555 g/mol. The predicted octanol–water partition coefficient (Wildman–Crippen LogP) is 4.84. The van der Waals surface area contributed by atoms with E-state index in [2.05, 4.69) is 46.1 Å². The number of aromatic nitrogens is 3. The van der Waals surface area contributed by atoms with E-state index in [-0.39, 0.29) is 24.4 Å². The number of dihydropyridines is 1. The number of nitrogens with zero attached hydrogens (tertiary/aromatic N) is 5. The van der Waals surface area contributed by atoms with Crippen molar-refractivity contribution in [3.8, 4) is 11.3 Å². The summed E-state index contributed by atoms with van der Waals surface area (Å²) in [6.45, 7) is 18.2. The Bertz CT molecular complexity index is 1560. The zero-order chi connectivity index (χ0) is 29.3. The maximum absolute atomic E-state index is 13.8. The maximum Gasteiger partial charge on any atom is 0.254 e. The fraction of sp³-hybridized carbons (Fsp3) is 0.406. The lowest BCUT2D eigenvalue weighted by molar-refractivity contribution is -0.120. The van der Waals surface area contributed by atoms with Gasteiger partial charge in [-0.1, -0.05) is 36.4 Å². The molecule has 1 atom stereocenters. The SMILES string of the molecule is C=C(C)c1nn(C(C)C)c2nc(-c3ccc(CN4CCOCC4)cc3)cc(C(=O)NCC3C(=O)N=C(C)C=C3C)c12. The van der Waals surface area contributed by atoms with Crippen molar-refractivity contribution < 1.29 is 14.3 Å². The van der Waals surface area contributed by atoms with E-state index in [0.717, 1.165) is 49.6 Å². The Labute approximate surface area is 241 Å². The lowest BCUT2D eigenvalue weighted by Gasteiger charge is -2.26. The van der Waals surface area contributed by atoms with Crippen LogP contribution in [0.15, 0.2) is 53.6 Å². The van der Waals surface area contributed by atoms with Gasteiger partial charge in [0.25, 0.3) is 11.8 Å². The molecule has 1 fully saturated rings. The summed E-state index contributed by atoms with van der Waals surface area (Å²) in [7, 11) is 0. The van der Waals surface area contributed by atoms with Crippen molar-refractivity contribution in [1.82, 2.24) is 25.0 Å². The van der Waals surface area contributed by atoms with E-state index >= 15 is 0 Å². The number of carbonyl (C=O) groups excluding carboxylic acids is 2. The molecule has 5 rings (SSSR count). The normalized spacial score (nSPS) is 18.0. The highest BCUT2D eigenvalue weighted by Gasteiger charge is 2.27. The number of morpholine rings is 1. The monoisotopic (exact) mass is 554 g/mol. The van der Waals surface area contributed by atoms with Crippen LogP contribution in [-0.4, -0.2) is 70.0 Å². The number of fused-ring (bicyclic) bond motifs is 1. The first-order chi connectivity index (χ1) is 19.6. The minimum Gasteiger partial charge on any atom is -0.379 e. The van der Waals surface area contributed by atoms with Crippen LogP contribution in [0.3, 0.4) is 0 Å². The highest BCUT2D eigenvalue weighted by atomic mass is 16.5. The maximum atomic E-state index is 13.8. The van der Waals surface area contributed by atoms with E-state index in [1.807, 2.05) is 44.5 Å². The number of hydrogen-bond acceptors (Lipinski definition) is 6. The minimum absolute atomic E-state index is 0.0221. The van der Waals surface area contributed by atoms with Crippen molar-refractivity contribution in [2.24, 2.45) is 10.9 Å². The van der Waals surface area contributed by atoms with E-state index < -0.39 is 5.92 Å². The third-order valence-electron chi connectivity index (χ3n) is 7.60. The van der Waals surface area contributed by atoms with E-state index in [0.29, 0.717) is 33.7 Å². The number of pyridine rings is 1. The van der Waals surface area contributed by atoms with Gasteiger partial charge in [0.1, 0.15) is 0 Å². The third-order valence-corrected chi connectivity index (χ3v) is 7.60. The van der Waals surface area contributed by atoms with Crippen LogP contribution in [-0.2, 0) is 16.1 Å². The van der Waals surface area contributed by atoms with Crippen LogP contribution >= 0.6 is 0 Å². The first-order valence-electron chi connectivity index (χ1n) is 14.2. The van der Waals surface area contributed by atoms with Gasteiger partial charge in [-0.25, -0.2) is 14.7 Å². The van der Waals surface area contributed by atoms with E-state index in [4.69, 9.17) is 14.8 Å². The van der Waals surface area contributed by atoms with Gasteiger partial charge in [-0.15, -0.1) is 0 Å². The van der Waals surface area contributed by atoms with Crippen LogP contribution in [0.2, 0.25) is 0 Å². The number of carbonyl (C=O) groups is 2. The number of aliphatic imine (C=N–C) groups is 1. The second-order valence-corrected chi connectivity index (χ2v) is 11.2. The van der Waals surface area contributed by atoms with Crippen molar-refractivity contribution in [2.75, 3.05) is 32.8 Å². The molecule has 9 heteroatoms. The van der Waals surface area contributed by atoms with Crippen molar-refractivity contribution >= 4 is 34.1 Å². The Kier molecular flexibility index (Phi) is 8.28. The number of allylic oxidation sites excluding steroid dienone is 2. The van der Waals surface area contributed by atoms with Crippen LogP contribution in [0.4, 0.5) is 0 Å². The zero-order valence-electron chi connectivity index (χ0n) is 24.5. The molecule has 2 amide bonds. The number of benzene rings is 1. The summed E-state index contributed by atoms with van der Waals surface area (Å²) in [6.07, 6.45) is 1.88. The quantitative estimate of drug-likeness (QED) is 0.428. The Balaban J connectivity index is 1.51. The van der Waals surface area contributed by atoms with Crippen molar-refractivity contribution in [1.29, 1.82) is 0 Å². The smallest absolute Gasteiger partial charge is 0.254 e. The molecule has 0 spiro atoms. The van der Waals surface area contributed by atoms with Crippen molar-refractivity contribution in [3.63, 3.8) is 0 Å². The van der Waals surface area contributed by atoms with Crippen LogP contribution in [0.5, 0.6) is 0 Å². The predicted molar refractivity (Wildman–Crippen MR) is 162 cm³/mol. The van der Waals surface area contributed by atoms with Gasteiger partial charge in [-0.05, 0) is 57.9 Å². The molecular formula is C32H38N6O3. The molecule has 0 saturated carbocycles. The van der Waals surface area contributed by atoms with E-state index in [1.165, 1.54) is 5.56 Å². The number of nitrogens with one attached hydrogen (secondary N) is 1. The van der Waals surface area contributed by atoms with Gasteiger partial charge < -0.3 is 10.1 Å². The molecule has 41 heavy (non-hydrogen) atoms. The molecule has 0 aliphatic carbocycles. The van der Waals surface area contributed by atoms with E-state index in [1.54, 1.807) is 6.92 Å². The first-order valence-corrected chi connectivity index (χ1v) is 14.2. The van der Waals surface area contributed by atoms with Gasteiger partial charge in [0.15, 0.2) is 5.65 Å². The lowest BCUT2D eigenvalue weighted by atomic mass is 9.95. The van der Waals surface area contributed by atoms with Crippen LogP contribution < -0.4 is 5.32 Å². The highest BCUT2D eigenvalue weighted by Crippen LogP contribution is 2.32. The number of ether oxygens (including phenoxy) is 1. The number of hydrogen-bond donors (Lipinski definition) is 1. The zero-order valence-corrected chi connectivity index (χ0v) is 24.5. The summed E-state index contributed by atoms with van der Waals surface area (Å²) in [5.74, 6) is -1.02. The highest BCUT2D eigenvalue weighted by molar-refractivity contribution is 6.10. The Hall–Kier alpha value is -3.95. The molecule has 2 aliphatic heterocycles. The van der Waals surface area contributed by atoms with Gasteiger partial charge in [-0.2, -0.15) is 5.10 Å². The molecule has 1 aromatic carbocycles. The summed E-state index contributed by atoms with van der Waals surface area (Å²) < 4.78 is 7.32. The molecular weight excluding hydrogens is 516 g/mol. The van der Waals surface area contributed by atoms with Gasteiger partial charge in [0, 0.05) is 43.5 Å². The molecule has 0 bridgehead atoms. The summed E-state index contributed by atoms with van der Waals surface area (Å²) in [4.78, 5) is 37.8. The van der Waals surface area contributed by atoms with Crippen molar-refractivity contribution in [3.05, 3.63) is 65.4 Å². The van der Waals surface area contributed by atoms with E-state index in [9.17, 15) is 9.59 Å². The fourth-order valence-corrected chi connectivity index (χ4v) is 5.37. The van der Waals surface area contributed by atoms with Crippen LogP contribution in [0.1, 0.15) is 62.3 Å². The molecule has 1 unspecified atom stereocenters. The van der Waals surface area contributed by atoms with Gasteiger partial charge >= 0.3 is 0 Å². The van der Waals surface area contributed by atoms with Gasteiger partial charge in [-0.3, -0.25) is 14.5 Å². The molecule has 4 heterocycles. The molecule has 3 aromatic rings. The molecule has 2 aromatic heterocycles. The van der Waals surface area contributed by atoms with Gasteiger partial charge in [0.2, 0.25) is 0 Å². The first kappa shape index (κ1) is 28.6. The second-order valence-electron chi connectivity index (χ2n) is 11.2. The third kappa shape index (κ3) is 6.06. The summed E-state index contributed by atoms with van der Waals surface area (Å²) in [6, 6.07) is 10.2. The number of amides is 2. The minimum atomic E-state index is -0.488. The summed E-state index contributed by atoms with van der Waals surface area (Å²) in [5.41, 5.74) is 6.84. The fourth-order valence-electron chi connectivity index (χ4n) is 5.37. The largest absolute Gasteiger partial charge is 0.379 e. The molecule has 1 N–H and O–H groups in total. The summed E-state index contributed by atoms with van der Waals surface area (Å²) in [5, 5.41) is 8.46. The Morgan fingerprint density at radius 3 is 2.51 bits per heavy atom. The summed E-state index contributed by atoms with van der Waals surface area (Å²) >= 11 is 0. The molecule has 2 aliphatic rings. The molecule has 0 radical (unpaired) electrons. The Morgan fingerprint density at radius 1 is 1.17 bits per heavy atom. The standard InChI is InChI=1S/C32H38N6O3/c1-19(2)29-28-25(31(39)33-17-26-21(5)15-22(6)34-32(26)40)16-27(35-30(28)38(36-29)20(3)4)24-9-7-23(8-10-24)18-37-11-13-41-14-12-37/h7-10,15-16,20,26H,1,11-14,17-18H2,2-6H3,(H,33,39). The van der Waals surface area contributed by atoms with Crippen LogP contribution in [0, 0.1) is 5.92 Å². The van der Waals surface area contributed by atoms with Gasteiger partial charge in [0.05, 0.1) is 41.5 Å². The van der Waals surface area contributed by atoms with Crippen molar-refractivity contribution in [2.45, 2.75) is 47.2 Å². The number of rotatable bonds is 8. The molecule has 1 saturated heterocycles. The lowest BCUT2D eigenvalue weighted by Crippen LogP contribution is -2.35. The average Bonchev–Trinajstić information content (AvgIpc) is 3.33.